The zero-order chi connectivity index (χ0) is 19.4. The number of carbonyl (C=O) groups excluding carboxylic acids is 3. The number of hydrogen-bond donors (Lipinski definition) is 3. The fourth-order valence-corrected chi connectivity index (χ4v) is 2.68. The predicted octanol–water partition coefficient (Wildman–Crippen LogP) is 2.01. The fraction of sp³-hybridized carbons (Fsp3) is 0.150. The molecule has 0 unspecified atom stereocenters. The number of hydrazine groups is 1. The van der Waals surface area contributed by atoms with Crippen LogP contribution in [0.15, 0.2) is 54.7 Å². The molecule has 3 amide bonds. The Bertz CT molecular complexity index is 992. The van der Waals surface area contributed by atoms with E-state index in [0.29, 0.717) is 11.1 Å². The molecular formula is C20H20N4O3. The summed E-state index contributed by atoms with van der Waals surface area (Å²) in [4.78, 5) is 41.0. The molecule has 0 aliphatic heterocycles. The molecule has 3 rings (SSSR count). The molecular weight excluding hydrogens is 344 g/mol. The Hall–Kier alpha value is -3.61. The van der Waals surface area contributed by atoms with Crippen molar-refractivity contribution in [2.75, 3.05) is 13.6 Å². The molecule has 0 fully saturated rings. The molecule has 0 aliphatic carbocycles. The van der Waals surface area contributed by atoms with E-state index in [1.165, 1.54) is 11.9 Å². The number of amides is 3. The Kier molecular flexibility index (Phi) is 5.21. The normalized spacial score (nSPS) is 10.4. The summed E-state index contributed by atoms with van der Waals surface area (Å²) in [6.45, 7) is 1.73. The highest BCUT2D eigenvalue weighted by molar-refractivity contribution is 6.07. The number of carbonyl (C=O) groups is 3. The first-order chi connectivity index (χ1) is 13.0. The second-order valence-corrected chi connectivity index (χ2v) is 6.28. The highest BCUT2D eigenvalue weighted by Crippen LogP contribution is 2.18. The van der Waals surface area contributed by atoms with Crippen LogP contribution in [-0.2, 0) is 4.79 Å². The molecule has 0 bridgehead atoms. The van der Waals surface area contributed by atoms with Crippen molar-refractivity contribution in [1.29, 1.82) is 0 Å². The second-order valence-electron chi connectivity index (χ2n) is 6.28. The molecule has 2 aromatic carbocycles. The number of H-pyrrole nitrogens is 1. The molecule has 3 N–H and O–H groups in total. The van der Waals surface area contributed by atoms with Crippen molar-refractivity contribution in [3.05, 3.63) is 71.4 Å². The van der Waals surface area contributed by atoms with Gasteiger partial charge < -0.3 is 9.88 Å². The molecule has 1 heterocycles. The molecule has 1 aromatic heterocycles. The minimum Gasteiger partial charge on any atom is -0.360 e. The minimum absolute atomic E-state index is 0.188. The quantitative estimate of drug-likeness (QED) is 0.618. The number of nitrogens with zero attached hydrogens (tertiary/aromatic N) is 1. The van der Waals surface area contributed by atoms with Crippen molar-refractivity contribution in [2.45, 2.75) is 6.92 Å². The Balaban J connectivity index is 1.56. The summed E-state index contributed by atoms with van der Waals surface area (Å²) in [5.41, 5.74) is 7.48. The van der Waals surface area contributed by atoms with Crippen LogP contribution in [0.3, 0.4) is 0 Å². The third-order valence-electron chi connectivity index (χ3n) is 4.18. The van der Waals surface area contributed by atoms with E-state index >= 15 is 0 Å². The van der Waals surface area contributed by atoms with E-state index in [2.05, 4.69) is 15.8 Å². The molecule has 138 valence electrons. The molecule has 7 nitrogen and oxygen atoms in total. The van der Waals surface area contributed by atoms with Crippen LogP contribution in [0.2, 0.25) is 0 Å². The van der Waals surface area contributed by atoms with Crippen LogP contribution in [0.5, 0.6) is 0 Å². The standard InChI is InChI=1S/C20H20N4O3/c1-13-7-9-14(10-8-13)19(26)23-22-18(25)12-24(2)20(27)16-11-21-17-6-4-3-5-15(16)17/h3-11,21H,12H2,1-2H3,(H,22,25)(H,23,26). The number of aromatic amines is 1. The number of likely N-dealkylation sites (N-methyl/N-ethyl adjacent to an activating group) is 1. The summed E-state index contributed by atoms with van der Waals surface area (Å²) in [5.74, 6) is -1.20. The predicted molar refractivity (Wildman–Crippen MR) is 102 cm³/mol. The largest absolute Gasteiger partial charge is 0.360 e. The lowest BCUT2D eigenvalue weighted by molar-refractivity contribution is -0.122. The molecule has 3 aromatic rings. The van der Waals surface area contributed by atoms with Gasteiger partial charge in [0.15, 0.2) is 0 Å². The third kappa shape index (κ3) is 4.14. The van der Waals surface area contributed by atoms with Crippen LogP contribution < -0.4 is 10.9 Å². The van der Waals surface area contributed by atoms with Crippen molar-refractivity contribution >= 4 is 28.6 Å². The molecule has 7 heteroatoms. The number of aryl methyl sites for hydroxylation is 1. The average molecular weight is 364 g/mol. The van der Waals surface area contributed by atoms with Crippen LogP contribution in [0.25, 0.3) is 10.9 Å². The fourth-order valence-electron chi connectivity index (χ4n) is 2.68. The maximum absolute atomic E-state index is 12.6. The average Bonchev–Trinajstić information content (AvgIpc) is 3.10. The summed E-state index contributed by atoms with van der Waals surface area (Å²) >= 11 is 0. The first-order valence-electron chi connectivity index (χ1n) is 8.43. The zero-order valence-corrected chi connectivity index (χ0v) is 15.1. The number of fused-ring (bicyclic) bond motifs is 1. The monoisotopic (exact) mass is 364 g/mol. The van der Waals surface area contributed by atoms with Crippen molar-refractivity contribution < 1.29 is 14.4 Å². The molecule has 0 atom stereocenters. The van der Waals surface area contributed by atoms with Gasteiger partial charge in [0.1, 0.15) is 6.54 Å². The molecule has 0 radical (unpaired) electrons. The van der Waals surface area contributed by atoms with Gasteiger partial charge in [0.05, 0.1) is 5.56 Å². The van der Waals surface area contributed by atoms with E-state index in [0.717, 1.165) is 16.5 Å². The van der Waals surface area contributed by atoms with E-state index in [9.17, 15) is 14.4 Å². The van der Waals surface area contributed by atoms with E-state index in [4.69, 9.17) is 0 Å². The molecule has 0 aliphatic rings. The van der Waals surface area contributed by atoms with Crippen LogP contribution in [-0.4, -0.2) is 41.2 Å². The van der Waals surface area contributed by atoms with Crippen molar-refractivity contribution in [1.82, 2.24) is 20.7 Å². The van der Waals surface area contributed by atoms with Gasteiger partial charge in [-0.25, -0.2) is 0 Å². The van der Waals surface area contributed by atoms with Gasteiger partial charge in [-0.05, 0) is 25.1 Å². The number of benzene rings is 2. The second kappa shape index (κ2) is 7.74. The smallest absolute Gasteiger partial charge is 0.269 e. The highest BCUT2D eigenvalue weighted by Gasteiger charge is 2.18. The van der Waals surface area contributed by atoms with Gasteiger partial charge in [0, 0.05) is 29.7 Å². The van der Waals surface area contributed by atoms with Gasteiger partial charge >= 0.3 is 0 Å². The molecule has 0 saturated heterocycles. The van der Waals surface area contributed by atoms with Crippen molar-refractivity contribution in [3.8, 4) is 0 Å². The maximum Gasteiger partial charge on any atom is 0.269 e. The summed E-state index contributed by atoms with van der Waals surface area (Å²) in [7, 11) is 1.53. The minimum atomic E-state index is -0.494. The topological polar surface area (TPSA) is 94.3 Å². The Morgan fingerprint density at radius 3 is 2.44 bits per heavy atom. The summed E-state index contributed by atoms with van der Waals surface area (Å²) in [6, 6.07) is 14.4. The number of aromatic nitrogens is 1. The number of nitrogens with one attached hydrogen (secondary N) is 3. The third-order valence-corrected chi connectivity index (χ3v) is 4.18. The SMILES string of the molecule is Cc1ccc(C(=O)NNC(=O)CN(C)C(=O)c2c[nH]c3ccccc23)cc1. The first kappa shape index (κ1) is 18.2. The molecule has 0 saturated carbocycles. The van der Waals surface area contributed by atoms with Gasteiger partial charge in [0.2, 0.25) is 0 Å². The van der Waals surface area contributed by atoms with E-state index in [1.54, 1.807) is 18.3 Å². The van der Waals surface area contributed by atoms with Crippen LogP contribution in [0, 0.1) is 6.92 Å². The van der Waals surface area contributed by atoms with E-state index in [-0.39, 0.29) is 12.5 Å². The lowest BCUT2D eigenvalue weighted by Crippen LogP contribution is -2.46. The van der Waals surface area contributed by atoms with Crippen molar-refractivity contribution in [3.63, 3.8) is 0 Å². The summed E-state index contributed by atoms with van der Waals surface area (Å²) in [5, 5.41) is 0.794. The first-order valence-corrected chi connectivity index (χ1v) is 8.43. The van der Waals surface area contributed by atoms with Gasteiger partial charge in [-0.3, -0.25) is 25.2 Å². The van der Waals surface area contributed by atoms with Crippen LogP contribution in [0.4, 0.5) is 0 Å². The zero-order valence-electron chi connectivity index (χ0n) is 15.1. The number of para-hydroxylation sites is 1. The van der Waals surface area contributed by atoms with Gasteiger partial charge in [0.25, 0.3) is 17.7 Å². The summed E-state index contributed by atoms with van der Waals surface area (Å²) in [6.07, 6.45) is 1.63. The van der Waals surface area contributed by atoms with Gasteiger partial charge in [-0.1, -0.05) is 35.9 Å². The Morgan fingerprint density at radius 2 is 1.70 bits per heavy atom. The van der Waals surface area contributed by atoms with Crippen LogP contribution >= 0.6 is 0 Å². The van der Waals surface area contributed by atoms with Gasteiger partial charge in [-0.2, -0.15) is 0 Å². The molecule has 0 spiro atoms. The summed E-state index contributed by atoms with van der Waals surface area (Å²) < 4.78 is 0. The van der Waals surface area contributed by atoms with Gasteiger partial charge in [-0.15, -0.1) is 0 Å². The Labute approximate surface area is 156 Å². The van der Waals surface area contributed by atoms with E-state index in [1.807, 2.05) is 43.3 Å². The van der Waals surface area contributed by atoms with Crippen molar-refractivity contribution in [2.24, 2.45) is 0 Å². The Morgan fingerprint density at radius 1 is 1.00 bits per heavy atom. The number of hydrogen-bond acceptors (Lipinski definition) is 3. The van der Waals surface area contributed by atoms with E-state index < -0.39 is 11.8 Å². The highest BCUT2D eigenvalue weighted by atomic mass is 16.2. The lowest BCUT2D eigenvalue weighted by Gasteiger charge is -2.16. The molecule has 27 heavy (non-hydrogen) atoms. The number of rotatable bonds is 4. The van der Waals surface area contributed by atoms with Crippen LogP contribution in [0.1, 0.15) is 26.3 Å². The lowest BCUT2D eigenvalue weighted by atomic mass is 10.1. The maximum atomic E-state index is 12.6.